The van der Waals surface area contributed by atoms with Crippen LogP contribution in [-0.4, -0.2) is 8.42 Å². The van der Waals surface area contributed by atoms with Crippen molar-refractivity contribution in [3.63, 3.8) is 0 Å². The SMILES string of the molecule is CC(C)c1ccc(NS(=O)(=O)c2cc(F)ccc2N)cc1. The summed E-state index contributed by atoms with van der Waals surface area (Å²) in [7, 11) is -3.91. The van der Waals surface area contributed by atoms with Crippen LogP contribution in [0.25, 0.3) is 0 Å². The number of nitrogens with two attached hydrogens (primary N) is 1. The standard InChI is InChI=1S/C15H17FN2O2S/c1-10(2)11-3-6-13(7-4-11)18-21(19,20)15-9-12(16)5-8-14(15)17/h3-10,18H,17H2,1-2H3. The molecule has 0 aliphatic heterocycles. The predicted octanol–water partition coefficient (Wildman–Crippen LogP) is 3.33. The fourth-order valence-electron chi connectivity index (χ4n) is 1.89. The van der Waals surface area contributed by atoms with Crippen molar-refractivity contribution in [3.05, 3.63) is 53.8 Å². The van der Waals surface area contributed by atoms with Crippen molar-refractivity contribution in [2.24, 2.45) is 0 Å². The summed E-state index contributed by atoms with van der Waals surface area (Å²) in [5.74, 6) is -0.297. The van der Waals surface area contributed by atoms with Gasteiger partial charge in [-0.15, -0.1) is 0 Å². The Morgan fingerprint density at radius 1 is 1.10 bits per heavy atom. The first-order valence-electron chi connectivity index (χ1n) is 6.47. The molecular formula is C15H17FN2O2S. The number of hydrogen-bond donors (Lipinski definition) is 2. The smallest absolute Gasteiger partial charge is 0.264 e. The van der Waals surface area contributed by atoms with Crippen LogP contribution in [0.2, 0.25) is 0 Å². The molecule has 0 aromatic heterocycles. The van der Waals surface area contributed by atoms with E-state index in [2.05, 4.69) is 4.72 Å². The fourth-order valence-corrected chi connectivity index (χ4v) is 3.09. The monoisotopic (exact) mass is 308 g/mol. The second kappa shape index (κ2) is 5.73. The summed E-state index contributed by atoms with van der Waals surface area (Å²) < 4.78 is 40.1. The van der Waals surface area contributed by atoms with Crippen molar-refractivity contribution < 1.29 is 12.8 Å². The number of nitrogens with one attached hydrogen (secondary N) is 1. The molecule has 0 saturated carbocycles. The van der Waals surface area contributed by atoms with Crippen molar-refractivity contribution in [3.8, 4) is 0 Å². The van der Waals surface area contributed by atoms with Crippen LogP contribution in [-0.2, 0) is 10.0 Å². The van der Waals surface area contributed by atoms with Gasteiger partial charge in [-0.2, -0.15) is 0 Å². The lowest BCUT2D eigenvalue weighted by atomic mass is 10.0. The molecule has 0 saturated heterocycles. The molecule has 0 fully saturated rings. The van der Waals surface area contributed by atoms with E-state index in [9.17, 15) is 12.8 Å². The molecule has 0 bridgehead atoms. The first kappa shape index (κ1) is 15.3. The van der Waals surface area contributed by atoms with Gasteiger partial charge in [-0.05, 0) is 41.8 Å². The summed E-state index contributed by atoms with van der Waals surface area (Å²) in [6.45, 7) is 4.10. The van der Waals surface area contributed by atoms with E-state index in [0.717, 1.165) is 17.7 Å². The van der Waals surface area contributed by atoms with Crippen LogP contribution in [0.1, 0.15) is 25.3 Å². The van der Waals surface area contributed by atoms with Crippen molar-refractivity contribution in [1.82, 2.24) is 0 Å². The lowest BCUT2D eigenvalue weighted by Crippen LogP contribution is -2.15. The topological polar surface area (TPSA) is 72.2 Å². The van der Waals surface area contributed by atoms with Crippen LogP contribution in [0.15, 0.2) is 47.4 Å². The van der Waals surface area contributed by atoms with E-state index in [0.29, 0.717) is 11.6 Å². The zero-order valence-corrected chi connectivity index (χ0v) is 12.6. The fraction of sp³-hybridized carbons (Fsp3) is 0.200. The minimum atomic E-state index is -3.91. The normalized spacial score (nSPS) is 11.6. The predicted molar refractivity (Wildman–Crippen MR) is 82.2 cm³/mol. The first-order valence-corrected chi connectivity index (χ1v) is 7.96. The van der Waals surface area contributed by atoms with Gasteiger partial charge in [-0.3, -0.25) is 4.72 Å². The molecule has 0 atom stereocenters. The highest BCUT2D eigenvalue weighted by Crippen LogP contribution is 2.23. The summed E-state index contributed by atoms with van der Waals surface area (Å²) >= 11 is 0. The van der Waals surface area contributed by atoms with Gasteiger partial charge < -0.3 is 5.73 Å². The molecule has 21 heavy (non-hydrogen) atoms. The summed E-state index contributed by atoms with van der Waals surface area (Å²) in [4.78, 5) is -0.268. The Hall–Kier alpha value is -2.08. The molecule has 4 nitrogen and oxygen atoms in total. The molecule has 3 N–H and O–H groups in total. The molecule has 2 aromatic carbocycles. The van der Waals surface area contributed by atoms with Gasteiger partial charge >= 0.3 is 0 Å². The lowest BCUT2D eigenvalue weighted by Gasteiger charge is -2.11. The second-order valence-corrected chi connectivity index (χ2v) is 6.72. The number of halogens is 1. The van der Waals surface area contributed by atoms with Gasteiger partial charge in [0.2, 0.25) is 0 Å². The molecule has 0 amide bonds. The highest BCUT2D eigenvalue weighted by Gasteiger charge is 2.18. The Bertz CT molecular complexity index is 741. The second-order valence-electron chi connectivity index (χ2n) is 5.06. The third kappa shape index (κ3) is 3.52. The van der Waals surface area contributed by atoms with Gasteiger partial charge in [0.25, 0.3) is 10.0 Å². The molecule has 2 rings (SSSR count). The largest absolute Gasteiger partial charge is 0.398 e. The Balaban J connectivity index is 2.31. The zero-order chi connectivity index (χ0) is 15.6. The van der Waals surface area contributed by atoms with E-state index in [-0.39, 0.29) is 10.6 Å². The molecule has 0 heterocycles. The van der Waals surface area contributed by atoms with Crippen LogP contribution in [0.5, 0.6) is 0 Å². The number of hydrogen-bond acceptors (Lipinski definition) is 3. The quantitative estimate of drug-likeness (QED) is 0.851. The Morgan fingerprint density at radius 3 is 2.29 bits per heavy atom. The third-order valence-corrected chi connectivity index (χ3v) is 4.53. The average Bonchev–Trinajstić information content (AvgIpc) is 2.41. The lowest BCUT2D eigenvalue weighted by molar-refractivity contribution is 0.596. The third-order valence-electron chi connectivity index (χ3n) is 3.09. The van der Waals surface area contributed by atoms with E-state index < -0.39 is 15.8 Å². The van der Waals surface area contributed by atoms with E-state index in [1.807, 2.05) is 26.0 Å². The Kier molecular flexibility index (Phi) is 4.18. The maximum absolute atomic E-state index is 13.2. The molecule has 0 aliphatic rings. The Morgan fingerprint density at radius 2 is 1.71 bits per heavy atom. The van der Waals surface area contributed by atoms with Crippen LogP contribution in [0.4, 0.5) is 15.8 Å². The molecule has 6 heteroatoms. The first-order chi connectivity index (χ1) is 9.79. The number of benzene rings is 2. The van der Waals surface area contributed by atoms with Gasteiger partial charge in [0, 0.05) is 5.69 Å². The van der Waals surface area contributed by atoms with Crippen molar-refractivity contribution in [2.75, 3.05) is 10.5 Å². The van der Waals surface area contributed by atoms with Crippen LogP contribution in [0, 0.1) is 5.82 Å². The highest BCUT2D eigenvalue weighted by atomic mass is 32.2. The molecule has 0 aliphatic carbocycles. The van der Waals surface area contributed by atoms with Crippen molar-refractivity contribution >= 4 is 21.4 Å². The summed E-state index contributed by atoms with van der Waals surface area (Å²) in [6.07, 6.45) is 0. The van der Waals surface area contributed by atoms with Gasteiger partial charge in [-0.1, -0.05) is 26.0 Å². The van der Waals surface area contributed by atoms with Crippen molar-refractivity contribution in [2.45, 2.75) is 24.7 Å². The number of sulfonamides is 1. The minimum Gasteiger partial charge on any atom is -0.398 e. The summed E-state index contributed by atoms with van der Waals surface area (Å²) in [5, 5.41) is 0. The number of rotatable bonds is 4. The van der Waals surface area contributed by atoms with Gasteiger partial charge in [0.1, 0.15) is 10.7 Å². The van der Waals surface area contributed by atoms with Crippen LogP contribution < -0.4 is 10.5 Å². The summed E-state index contributed by atoms with van der Waals surface area (Å²) in [6, 6.07) is 10.3. The zero-order valence-electron chi connectivity index (χ0n) is 11.8. The van der Waals surface area contributed by atoms with Crippen LogP contribution >= 0.6 is 0 Å². The van der Waals surface area contributed by atoms with Gasteiger partial charge in [0.05, 0.1) is 5.69 Å². The maximum Gasteiger partial charge on any atom is 0.264 e. The highest BCUT2D eigenvalue weighted by molar-refractivity contribution is 7.92. The van der Waals surface area contributed by atoms with E-state index in [1.165, 1.54) is 6.07 Å². The van der Waals surface area contributed by atoms with E-state index in [1.54, 1.807) is 12.1 Å². The number of nitrogen functional groups attached to an aromatic ring is 1. The van der Waals surface area contributed by atoms with Crippen LogP contribution in [0.3, 0.4) is 0 Å². The minimum absolute atomic E-state index is 0.00250. The molecule has 112 valence electrons. The molecule has 0 radical (unpaired) electrons. The van der Waals surface area contributed by atoms with E-state index >= 15 is 0 Å². The maximum atomic E-state index is 13.2. The Labute approximate surface area is 123 Å². The summed E-state index contributed by atoms with van der Waals surface area (Å²) in [5.41, 5.74) is 7.12. The molecule has 2 aromatic rings. The average molecular weight is 308 g/mol. The van der Waals surface area contributed by atoms with Gasteiger partial charge in [0.15, 0.2) is 0 Å². The van der Waals surface area contributed by atoms with Gasteiger partial charge in [-0.25, -0.2) is 12.8 Å². The van der Waals surface area contributed by atoms with Crippen molar-refractivity contribution in [1.29, 1.82) is 0 Å². The molecular weight excluding hydrogens is 291 g/mol. The molecule has 0 unspecified atom stereocenters. The van der Waals surface area contributed by atoms with E-state index in [4.69, 9.17) is 5.73 Å². The number of anilines is 2. The molecule has 0 spiro atoms.